The molecule has 112 heavy (non-hydrogen) atoms. The highest BCUT2D eigenvalue weighted by Gasteiger charge is 2.48. The van der Waals surface area contributed by atoms with Crippen molar-refractivity contribution in [2.45, 2.75) is 10.8 Å². The van der Waals surface area contributed by atoms with Crippen LogP contribution in [-0.4, -0.2) is 9.13 Å². The fourth-order valence-corrected chi connectivity index (χ4v) is 19.2. The minimum atomic E-state index is -0.633. The first-order chi connectivity index (χ1) is 55.5. The molecule has 0 atom stereocenters. The van der Waals surface area contributed by atoms with Gasteiger partial charge in [0.05, 0.1) is 44.3 Å². The van der Waals surface area contributed by atoms with Crippen LogP contribution in [0.1, 0.15) is 66.8 Å². The average Bonchev–Trinajstić information content (AvgIpc) is 1.53. The van der Waals surface area contributed by atoms with Gasteiger partial charge in [-0.05, 0) is 206 Å². The summed E-state index contributed by atoms with van der Waals surface area (Å²) < 4.78 is 4.87. The van der Waals surface area contributed by atoms with Gasteiger partial charge in [-0.25, -0.2) is 0 Å². The predicted octanol–water partition coefficient (Wildman–Crippen LogP) is 28.3. The standard InChI is InChI=1S/C110H72N2/c1-5-27-85(28-6-1)109(86-29-7-2-8-30-86)99-67-75(45-43-73-47-53-77(54-48-73)81-59-65-107-97(69-81)95-37-17-19-39-105(95)111(107)103-41-21-25-79-23-13-15-35-89(79)103)51-61-91(99)93-63-57-83(71-101(93)109)84-58-64-94-92-62-52-76(68-100(92)110(102(94)72-84,87-31-9-3-10-32-87)88-33-11-4-12-34-88)46-44-74-49-55-78(56-50-74)82-60-66-108-98(70-82)96-38-18-20-40-106(96)112(108)104-42-22-26-80-24-14-16-36-90(80)104/h1-72H. The molecule has 18 aromatic carbocycles. The normalized spacial score (nSPS) is 13.2. The predicted molar refractivity (Wildman–Crippen MR) is 472 cm³/mol. The molecule has 2 aromatic heterocycles. The zero-order valence-corrected chi connectivity index (χ0v) is 61.5. The van der Waals surface area contributed by atoms with E-state index in [-0.39, 0.29) is 0 Å². The first-order valence-corrected chi connectivity index (χ1v) is 38.9. The van der Waals surface area contributed by atoms with E-state index in [1.165, 1.54) is 177 Å². The first kappa shape index (κ1) is 64.7. The molecule has 0 bridgehead atoms. The first-order valence-electron chi connectivity index (χ1n) is 38.9. The van der Waals surface area contributed by atoms with E-state index < -0.39 is 10.8 Å². The van der Waals surface area contributed by atoms with E-state index in [1.54, 1.807) is 0 Å². The smallest absolute Gasteiger partial charge is 0.0713 e. The van der Waals surface area contributed by atoms with Gasteiger partial charge in [0, 0.05) is 32.3 Å². The Kier molecular flexibility index (Phi) is 15.1. The van der Waals surface area contributed by atoms with Crippen LogP contribution in [0.25, 0.3) is 156 Å². The molecule has 0 spiro atoms. The van der Waals surface area contributed by atoms with Crippen LogP contribution in [-0.2, 0) is 10.8 Å². The Morgan fingerprint density at radius 3 is 0.848 bits per heavy atom. The van der Waals surface area contributed by atoms with Gasteiger partial charge >= 0.3 is 0 Å². The molecule has 2 aliphatic rings. The molecule has 2 heterocycles. The molecule has 0 unspecified atom stereocenters. The highest BCUT2D eigenvalue weighted by atomic mass is 15.0. The summed E-state index contributed by atoms with van der Waals surface area (Å²) in [5, 5.41) is 9.93. The number of hydrogen-bond donors (Lipinski definition) is 0. The maximum Gasteiger partial charge on any atom is 0.0713 e. The molecular formula is C110H72N2. The molecule has 2 nitrogen and oxygen atoms in total. The number of nitrogens with zero attached hydrogens (tertiary/aromatic N) is 2. The number of fused-ring (bicyclic) bond motifs is 14. The van der Waals surface area contributed by atoms with Gasteiger partial charge in [-0.1, -0.05) is 364 Å². The van der Waals surface area contributed by atoms with Crippen molar-refractivity contribution in [3.05, 3.63) is 479 Å². The lowest BCUT2D eigenvalue weighted by atomic mass is 9.66. The summed E-state index contributed by atoms with van der Waals surface area (Å²) in [7, 11) is 0. The molecule has 0 saturated carbocycles. The van der Waals surface area contributed by atoms with Gasteiger partial charge in [-0.15, -0.1) is 0 Å². The van der Waals surface area contributed by atoms with Crippen molar-refractivity contribution in [1.29, 1.82) is 0 Å². The molecule has 0 fully saturated rings. The molecule has 0 saturated heterocycles. The van der Waals surface area contributed by atoms with Crippen LogP contribution in [0.5, 0.6) is 0 Å². The van der Waals surface area contributed by atoms with E-state index in [4.69, 9.17) is 0 Å². The Balaban J connectivity index is 0.596. The van der Waals surface area contributed by atoms with Crippen LogP contribution in [0.15, 0.2) is 413 Å². The number of benzene rings is 18. The Morgan fingerprint density at radius 2 is 0.455 bits per heavy atom. The number of rotatable bonds is 13. The molecule has 22 rings (SSSR count). The van der Waals surface area contributed by atoms with Gasteiger partial charge < -0.3 is 9.13 Å². The van der Waals surface area contributed by atoms with E-state index in [0.29, 0.717) is 0 Å². The minimum absolute atomic E-state index is 0.633. The van der Waals surface area contributed by atoms with Crippen molar-refractivity contribution in [3.8, 4) is 67.0 Å². The fraction of sp³-hybridized carbons (Fsp3) is 0.0182. The van der Waals surface area contributed by atoms with Gasteiger partial charge in [0.2, 0.25) is 0 Å². The number of aromatic nitrogens is 2. The van der Waals surface area contributed by atoms with Gasteiger partial charge in [0.1, 0.15) is 0 Å². The fourth-order valence-electron chi connectivity index (χ4n) is 19.2. The molecule has 522 valence electrons. The van der Waals surface area contributed by atoms with Crippen molar-refractivity contribution >= 4 is 89.5 Å². The molecule has 2 heteroatoms. The van der Waals surface area contributed by atoms with E-state index in [0.717, 1.165) is 22.3 Å². The van der Waals surface area contributed by atoms with Crippen LogP contribution in [0, 0.1) is 0 Å². The highest BCUT2D eigenvalue weighted by Crippen LogP contribution is 2.60. The van der Waals surface area contributed by atoms with E-state index in [2.05, 4.69) is 446 Å². The van der Waals surface area contributed by atoms with Crippen molar-refractivity contribution in [2.24, 2.45) is 0 Å². The summed E-state index contributed by atoms with van der Waals surface area (Å²) in [6, 6.07) is 154. The average molecular weight is 1420 g/mol. The topological polar surface area (TPSA) is 9.86 Å². The van der Waals surface area contributed by atoms with Crippen LogP contribution >= 0.6 is 0 Å². The van der Waals surface area contributed by atoms with Crippen LogP contribution in [0.2, 0.25) is 0 Å². The van der Waals surface area contributed by atoms with Crippen LogP contribution < -0.4 is 0 Å². The lowest BCUT2D eigenvalue weighted by Gasteiger charge is -2.35. The van der Waals surface area contributed by atoms with Crippen molar-refractivity contribution in [3.63, 3.8) is 0 Å². The lowest BCUT2D eigenvalue weighted by molar-refractivity contribution is 0.767. The molecule has 0 N–H and O–H groups in total. The summed E-state index contributed by atoms with van der Waals surface area (Å²) in [6.07, 6.45) is 9.12. The van der Waals surface area contributed by atoms with E-state index >= 15 is 0 Å². The molecule has 20 aromatic rings. The van der Waals surface area contributed by atoms with Crippen LogP contribution in [0.3, 0.4) is 0 Å². The van der Waals surface area contributed by atoms with E-state index in [1.807, 2.05) is 0 Å². The summed E-state index contributed by atoms with van der Waals surface area (Å²) in [6.45, 7) is 0. The Bertz CT molecular complexity index is 6670. The van der Waals surface area contributed by atoms with Gasteiger partial charge in [0.15, 0.2) is 0 Å². The number of hydrogen-bond acceptors (Lipinski definition) is 0. The van der Waals surface area contributed by atoms with Gasteiger partial charge in [-0.3, -0.25) is 0 Å². The van der Waals surface area contributed by atoms with Gasteiger partial charge in [-0.2, -0.15) is 0 Å². The third-order valence-electron chi connectivity index (χ3n) is 24.3. The summed E-state index contributed by atoms with van der Waals surface area (Å²) in [5.41, 5.74) is 32.6. The summed E-state index contributed by atoms with van der Waals surface area (Å²) >= 11 is 0. The third kappa shape index (κ3) is 10.2. The molecule has 0 amide bonds. The molecule has 2 aliphatic carbocycles. The largest absolute Gasteiger partial charge is 0.309 e. The quantitative estimate of drug-likeness (QED) is 0.102. The van der Waals surface area contributed by atoms with Crippen molar-refractivity contribution < 1.29 is 0 Å². The molecule has 0 radical (unpaired) electrons. The maximum atomic E-state index is 2.52. The Hall–Kier alpha value is -14.4. The second kappa shape index (κ2) is 26.2. The number of para-hydroxylation sites is 2. The van der Waals surface area contributed by atoms with Crippen molar-refractivity contribution in [1.82, 2.24) is 9.13 Å². The lowest BCUT2D eigenvalue weighted by Crippen LogP contribution is -2.29. The molecule has 0 aliphatic heterocycles. The highest BCUT2D eigenvalue weighted by molar-refractivity contribution is 6.13. The van der Waals surface area contributed by atoms with Crippen LogP contribution in [0.4, 0.5) is 0 Å². The molecular weight excluding hydrogens is 1350 g/mol. The van der Waals surface area contributed by atoms with Gasteiger partial charge in [0.25, 0.3) is 0 Å². The summed E-state index contributed by atoms with van der Waals surface area (Å²) in [5.74, 6) is 0. The minimum Gasteiger partial charge on any atom is -0.309 e. The Morgan fingerprint density at radius 1 is 0.179 bits per heavy atom. The zero-order chi connectivity index (χ0) is 73.9. The third-order valence-corrected chi connectivity index (χ3v) is 24.3. The SMILES string of the molecule is C(=Cc1ccc2c(c1)C(c1ccccc1)(c1ccccc1)c1cc(-c3ccc4c(c3)C(c3ccccc3)(c3ccccc3)c3cc(C=Cc5ccc(-c6ccc7c(c6)c6ccccc6n7-c6cccc7ccccc67)cc5)ccc3-4)ccc1-2)c1ccc(-c2ccc3c(c2)c2ccccc2n3-c2cccc3ccccc23)cc1. The monoisotopic (exact) mass is 1420 g/mol. The Labute approximate surface area is 651 Å². The van der Waals surface area contributed by atoms with E-state index in [9.17, 15) is 0 Å². The zero-order valence-electron chi connectivity index (χ0n) is 61.5. The second-order valence-corrected chi connectivity index (χ2v) is 30.2. The summed E-state index contributed by atoms with van der Waals surface area (Å²) in [4.78, 5) is 0. The second-order valence-electron chi connectivity index (χ2n) is 30.2. The van der Waals surface area contributed by atoms with Crippen molar-refractivity contribution in [2.75, 3.05) is 0 Å². The maximum absolute atomic E-state index is 2.52.